The maximum atomic E-state index is 14.0. The van der Waals surface area contributed by atoms with E-state index in [-0.39, 0.29) is 5.69 Å². The Balaban J connectivity index is 2.61. The minimum atomic E-state index is -1.10. The van der Waals surface area contributed by atoms with Crippen molar-refractivity contribution in [1.82, 2.24) is 14.8 Å². The lowest BCUT2D eigenvalue weighted by atomic mass is 10.1. The molecule has 2 rings (SSSR count). The van der Waals surface area contributed by atoms with Gasteiger partial charge in [-0.1, -0.05) is 12.1 Å². The zero-order valence-corrected chi connectivity index (χ0v) is 10.5. The molecule has 98 valence electrons. The number of carbonyl (C=O) groups is 1. The van der Waals surface area contributed by atoms with Gasteiger partial charge in [0, 0.05) is 11.6 Å². The van der Waals surface area contributed by atoms with E-state index < -0.39 is 11.8 Å². The molecule has 1 heterocycles. The molecule has 0 fully saturated rings. The average molecular weight is 261 g/mol. The molecule has 0 radical (unpaired) electrons. The largest absolute Gasteiger partial charge is 0.478 e. The fourth-order valence-electron chi connectivity index (χ4n) is 1.78. The summed E-state index contributed by atoms with van der Waals surface area (Å²) in [4.78, 5) is 14.7. The topological polar surface area (TPSA) is 68.0 Å². The third kappa shape index (κ3) is 2.67. The first-order valence-electron chi connectivity index (χ1n) is 5.59. The number of rotatable bonds is 3. The van der Waals surface area contributed by atoms with Gasteiger partial charge in [0.2, 0.25) is 0 Å². The van der Waals surface area contributed by atoms with Crippen LogP contribution >= 0.6 is 0 Å². The van der Waals surface area contributed by atoms with E-state index in [4.69, 9.17) is 5.11 Å². The Bertz CT molecular complexity index is 662. The highest BCUT2D eigenvalue weighted by molar-refractivity contribution is 5.86. The number of aromatic nitrogens is 3. The molecule has 19 heavy (non-hydrogen) atoms. The van der Waals surface area contributed by atoms with Crippen LogP contribution in [-0.2, 0) is 4.79 Å². The Morgan fingerprint density at radius 1 is 1.42 bits per heavy atom. The van der Waals surface area contributed by atoms with Gasteiger partial charge in [-0.25, -0.2) is 18.9 Å². The second-order valence-electron chi connectivity index (χ2n) is 3.97. The van der Waals surface area contributed by atoms with Crippen LogP contribution in [0.25, 0.3) is 11.8 Å². The smallest absolute Gasteiger partial charge is 0.328 e. The predicted molar refractivity (Wildman–Crippen MR) is 67.5 cm³/mol. The van der Waals surface area contributed by atoms with Gasteiger partial charge in [-0.3, -0.25) is 0 Å². The zero-order chi connectivity index (χ0) is 14.0. The van der Waals surface area contributed by atoms with Crippen LogP contribution in [0.1, 0.15) is 17.2 Å². The lowest BCUT2D eigenvalue weighted by molar-refractivity contribution is -0.131. The Labute approximate surface area is 109 Å². The standard InChI is InChI=1S/C13H12FN3O2/c1-8-15-9(2)17(16-8)13-10(6-7-12(18)19)4-3-5-11(13)14/h3-7H,1-2H3,(H,18,19)/b7-6+. The summed E-state index contributed by atoms with van der Waals surface area (Å²) in [5.74, 6) is -0.524. The van der Waals surface area contributed by atoms with Crippen molar-refractivity contribution in [3.63, 3.8) is 0 Å². The van der Waals surface area contributed by atoms with Crippen molar-refractivity contribution >= 4 is 12.0 Å². The molecule has 0 aliphatic heterocycles. The maximum absolute atomic E-state index is 14.0. The Morgan fingerprint density at radius 3 is 2.74 bits per heavy atom. The first kappa shape index (κ1) is 12.9. The van der Waals surface area contributed by atoms with Crippen LogP contribution in [0.4, 0.5) is 4.39 Å². The Morgan fingerprint density at radius 2 is 2.16 bits per heavy atom. The van der Waals surface area contributed by atoms with Gasteiger partial charge in [-0.15, -0.1) is 0 Å². The number of carboxylic acids is 1. The van der Waals surface area contributed by atoms with E-state index in [2.05, 4.69) is 10.1 Å². The van der Waals surface area contributed by atoms with E-state index in [1.54, 1.807) is 19.9 Å². The molecule has 5 nitrogen and oxygen atoms in total. The fraction of sp³-hybridized carbons (Fsp3) is 0.154. The lowest BCUT2D eigenvalue weighted by Crippen LogP contribution is -2.05. The van der Waals surface area contributed by atoms with Crippen molar-refractivity contribution in [2.24, 2.45) is 0 Å². The quantitative estimate of drug-likeness (QED) is 0.859. The van der Waals surface area contributed by atoms with Gasteiger partial charge >= 0.3 is 5.97 Å². The Kier molecular flexibility index (Phi) is 3.41. The van der Waals surface area contributed by atoms with E-state index in [0.717, 1.165) is 6.08 Å². The summed E-state index contributed by atoms with van der Waals surface area (Å²) in [6.45, 7) is 3.41. The summed E-state index contributed by atoms with van der Waals surface area (Å²) < 4.78 is 15.3. The fourth-order valence-corrected chi connectivity index (χ4v) is 1.78. The Hall–Kier alpha value is -2.50. The van der Waals surface area contributed by atoms with Crippen LogP contribution in [0.15, 0.2) is 24.3 Å². The van der Waals surface area contributed by atoms with Crippen LogP contribution in [0, 0.1) is 19.7 Å². The van der Waals surface area contributed by atoms with Crippen molar-refractivity contribution in [3.05, 3.63) is 47.3 Å². The molecule has 0 saturated carbocycles. The van der Waals surface area contributed by atoms with Gasteiger partial charge in [0.1, 0.15) is 23.2 Å². The van der Waals surface area contributed by atoms with E-state index in [9.17, 15) is 9.18 Å². The molecule has 0 aliphatic rings. The van der Waals surface area contributed by atoms with Crippen molar-refractivity contribution in [2.75, 3.05) is 0 Å². The summed E-state index contributed by atoms with van der Waals surface area (Å²) in [5.41, 5.74) is 0.619. The highest BCUT2D eigenvalue weighted by Crippen LogP contribution is 2.20. The number of aryl methyl sites for hydroxylation is 2. The predicted octanol–water partition coefficient (Wildman–Crippen LogP) is 2.12. The first-order valence-corrected chi connectivity index (χ1v) is 5.59. The summed E-state index contributed by atoms with van der Waals surface area (Å²) in [5, 5.41) is 12.8. The van der Waals surface area contributed by atoms with Crippen molar-refractivity contribution < 1.29 is 14.3 Å². The summed E-state index contributed by atoms with van der Waals surface area (Å²) in [7, 11) is 0. The molecule has 0 spiro atoms. The molecule has 0 bridgehead atoms. The number of para-hydroxylation sites is 1. The molecular formula is C13H12FN3O2. The molecule has 0 amide bonds. The molecular weight excluding hydrogens is 249 g/mol. The highest BCUT2D eigenvalue weighted by atomic mass is 19.1. The molecule has 1 N–H and O–H groups in total. The number of aliphatic carboxylic acids is 1. The molecule has 2 aromatic rings. The van der Waals surface area contributed by atoms with Gasteiger partial charge < -0.3 is 5.11 Å². The third-order valence-electron chi connectivity index (χ3n) is 2.51. The highest BCUT2D eigenvalue weighted by Gasteiger charge is 2.13. The summed E-state index contributed by atoms with van der Waals surface area (Å²) >= 11 is 0. The normalized spacial score (nSPS) is 11.1. The minimum absolute atomic E-state index is 0.193. The SMILES string of the molecule is Cc1nc(C)n(-c2c(F)cccc2/C=C/C(=O)O)n1. The van der Waals surface area contributed by atoms with Gasteiger partial charge in [-0.2, -0.15) is 5.10 Å². The van der Waals surface area contributed by atoms with Gasteiger partial charge in [0.15, 0.2) is 0 Å². The van der Waals surface area contributed by atoms with Crippen molar-refractivity contribution in [1.29, 1.82) is 0 Å². The average Bonchev–Trinajstić information content (AvgIpc) is 2.65. The van der Waals surface area contributed by atoms with Gasteiger partial charge in [0.25, 0.3) is 0 Å². The summed E-state index contributed by atoms with van der Waals surface area (Å²) in [6, 6.07) is 4.43. The van der Waals surface area contributed by atoms with Crippen LogP contribution < -0.4 is 0 Å². The molecule has 0 aliphatic carbocycles. The molecule has 1 aromatic heterocycles. The molecule has 0 unspecified atom stereocenters. The van der Waals surface area contributed by atoms with E-state index in [1.165, 1.54) is 22.9 Å². The lowest BCUT2D eigenvalue weighted by Gasteiger charge is -2.08. The minimum Gasteiger partial charge on any atom is -0.478 e. The number of carboxylic acid groups (broad SMARTS) is 1. The van der Waals surface area contributed by atoms with Crippen molar-refractivity contribution in [3.8, 4) is 5.69 Å². The number of halogens is 1. The van der Waals surface area contributed by atoms with Crippen LogP contribution in [0.3, 0.4) is 0 Å². The van der Waals surface area contributed by atoms with E-state index in [0.29, 0.717) is 17.2 Å². The van der Waals surface area contributed by atoms with Gasteiger partial charge in [-0.05, 0) is 26.0 Å². The van der Waals surface area contributed by atoms with Crippen LogP contribution in [0.2, 0.25) is 0 Å². The monoisotopic (exact) mass is 261 g/mol. The number of hydrogen-bond acceptors (Lipinski definition) is 3. The number of benzene rings is 1. The number of nitrogens with zero attached hydrogens (tertiary/aromatic N) is 3. The molecule has 0 saturated heterocycles. The second kappa shape index (κ2) is 5.01. The van der Waals surface area contributed by atoms with Crippen LogP contribution in [0.5, 0.6) is 0 Å². The second-order valence-corrected chi connectivity index (χ2v) is 3.97. The van der Waals surface area contributed by atoms with E-state index in [1.807, 2.05) is 0 Å². The third-order valence-corrected chi connectivity index (χ3v) is 2.51. The molecule has 6 heteroatoms. The zero-order valence-electron chi connectivity index (χ0n) is 10.5. The number of hydrogen-bond donors (Lipinski definition) is 1. The van der Waals surface area contributed by atoms with Crippen LogP contribution in [-0.4, -0.2) is 25.8 Å². The maximum Gasteiger partial charge on any atom is 0.328 e. The van der Waals surface area contributed by atoms with Crippen molar-refractivity contribution in [2.45, 2.75) is 13.8 Å². The van der Waals surface area contributed by atoms with Gasteiger partial charge in [0.05, 0.1) is 0 Å². The first-order chi connectivity index (χ1) is 8.99. The molecule has 1 aromatic carbocycles. The summed E-state index contributed by atoms with van der Waals surface area (Å²) in [6.07, 6.45) is 2.29. The molecule has 0 atom stereocenters. The van der Waals surface area contributed by atoms with E-state index >= 15 is 0 Å².